The van der Waals surface area contributed by atoms with Gasteiger partial charge in [-0.3, -0.25) is 14.6 Å². The lowest BCUT2D eigenvalue weighted by molar-refractivity contribution is -0.121. The maximum Gasteiger partial charge on any atom is 0.251 e. The van der Waals surface area contributed by atoms with Gasteiger partial charge in [0.15, 0.2) is 0 Å². The molecule has 0 atom stereocenters. The van der Waals surface area contributed by atoms with E-state index in [1.165, 1.54) is 0 Å². The summed E-state index contributed by atoms with van der Waals surface area (Å²) >= 11 is 0. The average Bonchev–Trinajstić information content (AvgIpc) is 2.90. The van der Waals surface area contributed by atoms with Crippen LogP contribution in [0.1, 0.15) is 82.5 Å². The summed E-state index contributed by atoms with van der Waals surface area (Å²) in [5.74, 6) is -0.148. The van der Waals surface area contributed by atoms with Crippen molar-refractivity contribution in [1.82, 2.24) is 15.6 Å². The second-order valence-electron chi connectivity index (χ2n) is 7.44. The molecular weight excluding hydrogens is 434 g/mol. The van der Waals surface area contributed by atoms with Gasteiger partial charge in [0.1, 0.15) is 0 Å². The first-order chi connectivity index (χ1) is 17.2. The molecule has 1 aromatic rings. The Hall–Kier alpha value is -3.21. The number of hydrogen-bond acceptors (Lipinski definition) is 3. The van der Waals surface area contributed by atoms with Crippen molar-refractivity contribution in [3.63, 3.8) is 0 Å². The zero-order chi connectivity index (χ0) is 25.8. The van der Waals surface area contributed by atoms with Gasteiger partial charge in [0.05, 0.1) is 0 Å². The summed E-state index contributed by atoms with van der Waals surface area (Å²) in [6.07, 6.45) is 32.1. The van der Waals surface area contributed by atoms with E-state index < -0.39 is 0 Å². The number of hydrogen-bond donors (Lipinski definition) is 2. The molecule has 1 heterocycles. The number of allylic oxidation sites excluding steroid dienone is 10. The molecule has 5 heteroatoms. The molecule has 35 heavy (non-hydrogen) atoms. The van der Waals surface area contributed by atoms with Crippen LogP contribution < -0.4 is 10.6 Å². The highest BCUT2D eigenvalue weighted by atomic mass is 16.2. The van der Waals surface area contributed by atoms with Crippen LogP contribution >= 0.6 is 0 Å². The quantitative estimate of drug-likeness (QED) is 0.189. The van der Waals surface area contributed by atoms with Crippen molar-refractivity contribution in [1.29, 1.82) is 0 Å². The fourth-order valence-electron chi connectivity index (χ4n) is 2.82. The monoisotopic (exact) mass is 479 g/mol. The first-order valence-corrected chi connectivity index (χ1v) is 12.9. The lowest BCUT2D eigenvalue weighted by atomic mass is 10.2. The topological polar surface area (TPSA) is 71.1 Å². The van der Waals surface area contributed by atoms with Crippen molar-refractivity contribution in [2.45, 2.75) is 72.1 Å². The Balaban J connectivity index is 0.00000562. The van der Waals surface area contributed by atoms with Gasteiger partial charge in [-0.05, 0) is 57.1 Å². The van der Waals surface area contributed by atoms with E-state index in [2.05, 4.69) is 83.3 Å². The van der Waals surface area contributed by atoms with E-state index in [9.17, 15) is 9.59 Å². The molecule has 2 N–H and O–H groups in total. The van der Waals surface area contributed by atoms with E-state index in [-0.39, 0.29) is 11.8 Å². The summed E-state index contributed by atoms with van der Waals surface area (Å²) in [7, 11) is 0. The average molecular weight is 480 g/mol. The van der Waals surface area contributed by atoms with Crippen LogP contribution in [0.3, 0.4) is 0 Å². The Morgan fingerprint density at radius 3 is 1.77 bits per heavy atom. The molecule has 0 aliphatic rings. The first-order valence-electron chi connectivity index (χ1n) is 12.9. The summed E-state index contributed by atoms with van der Waals surface area (Å²) in [6, 6.07) is 3.31. The Morgan fingerprint density at radius 1 is 0.743 bits per heavy atom. The van der Waals surface area contributed by atoms with Gasteiger partial charge < -0.3 is 10.6 Å². The number of nitrogens with one attached hydrogen (secondary N) is 2. The van der Waals surface area contributed by atoms with Crippen LogP contribution in [0, 0.1) is 0 Å². The molecule has 1 rings (SSSR count). The van der Waals surface area contributed by atoms with Crippen LogP contribution in [0.5, 0.6) is 0 Å². The second-order valence-corrected chi connectivity index (χ2v) is 7.44. The molecule has 5 nitrogen and oxygen atoms in total. The largest absolute Gasteiger partial charge is 0.354 e. The molecule has 0 saturated heterocycles. The predicted molar refractivity (Wildman–Crippen MR) is 149 cm³/mol. The van der Waals surface area contributed by atoms with Gasteiger partial charge in [-0.1, -0.05) is 81.5 Å². The van der Waals surface area contributed by atoms with Crippen molar-refractivity contribution < 1.29 is 9.59 Å². The Labute approximate surface area is 213 Å². The standard InChI is InChI=1S/C28H39N3O2.C2H6/c1-2-3-4-5-6-7-8-9-10-11-12-13-14-15-16-17-18-19-27(32)30-24-25-31-28(33)26-20-22-29-23-21-26;1-2/h3-4,6-7,9-10,12-13,15-16,20-23H,2,5,8,11,14,17-19,24-25H2,1H3,(H,30,32)(H,31,33);1-2H3/b4-3-,7-6-,10-9-,13-12-,16-15-;. The highest BCUT2D eigenvalue weighted by Gasteiger charge is 2.04. The van der Waals surface area contributed by atoms with Gasteiger partial charge in [-0.25, -0.2) is 0 Å². The van der Waals surface area contributed by atoms with E-state index in [4.69, 9.17) is 0 Å². The molecule has 0 fully saturated rings. The number of carbonyl (C=O) groups is 2. The number of unbranched alkanes of at least 4 members (excludes halogenated alkanes) is 1. The van der Waals surface area contributed by atoms with Crippen LogP contribution in [-0.4, -0.2) is 29.9 Å². The molecule has 0 aliphatic heterocycles. The summed E-state index contributed by atoms with van der Waals surface area (Å²) < 4.78 is 0. The highest BCUT2D eigenvalue weighted by Crippen LogP contribution is 2.00. The van der Waals surface area contributed by atoms with Gasteiger partial charge in [0, 0.05) is 37.5 Å². The SMILES string of the molecule is CC.CC/C=C\C/C=C\C/C=C\C/C=C\C/C=C\CCCC(=O)NCCNC(=O)c1ccncc1. The lowest BCUT2D eigenvalue weighted by Crippen LogP contribution is -2.34. The van der Waals surface area contributed by atoms with Crippen molar-refractivity contribution in [3.05, 3.63) is 90.9 Å². The van der Waals surface area contributed by atoms with Crippen molar-refractivity contribution in [2.75, 3.05) is 13.1 Å². The maximum atomic E-state index is 11.9. The van der Waals surface area contributed by atoms with Crippen LogP contribution in [-0.2, 0) is 4.79 Å². The maximum absolute atomic E-state index is 11.9. The molecule has 192 valence electrons. The Morgan fingerprint density at radius 2 is 1.23 bits per heavy atom. The fourth-order valence-corrected chi connectivity index (χ4v) is 2.82. The molecule has 0 spiro atoms. The smallest absolute Gasteiger partial charge is 0.251 e. The lowest BCUT2D eigenvalue weighted by Gasteiger charge is -2.06. The summed E-state index contributed by atoms with van der Waals surface area (Å²) in [6.45, 7) is 6.98. The predicted octanol–water partition coefficient (Wildman–Crippen LogP) is 6.88. The number of amides is 2. The molecular formula is C30H45N3O2. The molecule has 1 aromatic heterocycles. The molecule has 2 amide bonds. The molecule has 0 aliphatic carbocycles. The van der Waals surface area contributed by atoms with Crippen LogP contribution in [0.4, 0.5) is 0 Å². The molecule has 0 radical (unpaired) electrons. The Kier molecular flexibility index (Phi) is 23.1. The minimum absolute atomic E-state index is 0.0144. The minimum Gasteiger partial charge on any atom is -0.354 e. The zero-order valence-electron chi connectivity index (χ0n) is 21.9. The fraction of sp³-hybridized carbons (Fsp3) is 0.433. The van der Waals surface area contributed by atoms with Gasteiger partial charge in [0.2, 0.25) is 5.91 Å². The number of nitrogens with zero attached hydrogens (tertiary/aromatic N) is 1. The number of aromatic nitrogens is 1. The van der Waals surface area contributed by atoms with Crippen molar-refractivity contribution >= 4 is 11.8 Å². The van der Waals surface area contributed by atoms with Crippen LogP contribution in [0.25, 0.3) is 0 Å². The van der Waals surface area contributed by atoms with Gasteiger partial charge in [0.25, 0.3) is 5.91 Å². The van der Waals surface area contributed by atoms with Crippen LogP contribution in [0.2, 0.25) is 0 Å². The highest BCUT2D eigenvalue weighted by molar-refractivity contribution is 5.93. The van der Waals surface area contributed by atoms with E-state index in [0.29, 0.717) is 25.1 Å². The normalized spacial score (nSPS) is 11.5. The number of pyridine rings is 1. The van der Waals surface area contributed by atoms with E-state index in [0.717, 1.165) is 44.9 Å². The first kappa shape index (κ1) is 31.8. The van der Waals surface area contributed by atoms with Crippen LogP contribution in [0.15, 0.2) is 85.3 Å². The third kappa shape index (κ3) is 21.1. The third-order valence-corrected chi connectivity index (χ3v) is 4.61. The summed E-state index contributed by atoms with van der Waals surface area (Å²) in [5, 5.41) is 5.60. The molecule has 0 aromatic carbocycles. The third-order valence-electron chi connectivity index (χ3n) is 4.61. The molecule has 0 saturated carbocycles. The van der Waals surface area contributed by atoms with Gasteiger partial charge in [-0.15, -0.1) is 0 Å². The van der Waals surface area contributed by atoms with E-state index in [1.54, 1.807) is 24.5 Å². The summed E-state index contributed by atoms with van der Waals surface area (Å²) in [4.78, 5) is 27.6. The van der Waals surface area contributed by atoms with E-state index >= 15 is 0 Å². The van der Waals surface area contributed by atoms with Crippen molar-refractivity contribution in [2.24, 2.45) is 0 Å². The number of carbonyl (C=O) groups excluding carboxylic acids is 2. The van der Waals surface area contributed by atoms with E-state index in [1.807, 2.05) is 13.8 Å². The second kappa shape index (κ2) is 25.4. The summed E-state index contributed by atoms with van der Waals surface area (Å²) in [5.41, 5.74) is 0.563. The number of rotatable bonds is 17. The zero-order valence-corrected chi connectivity index (χ0v) is 21.9. The van der Waals surface area contributed by atoms with Gasteiger partial charge >= 0.3 is 0 Å². The minimum atomic E-state index is -0.162. The van der Waals surface area contributed by atoms with Gasteiger partial charge in [-0.2, -0.15) is 0 Å². The Bertz CT molecular complexity index is 793. The van der Waals surface area contributed by atoms with Crippen molar-refractivity contribution in [3.8, 4) is 0 Å². The molecule has 0 unspecified atom stereocenters. The molecule has 0 bridgehead atoms.